The van der Waals surface area contributed by atoms with Crippen LogP contribution in [0.15, 0.2) is 24.3 Å². The molecule has 6 heteroatoms. The fourth-order valence-electron chi connectivity index (χ4n) is 2.63. The lowest BCUT2D eigenvalue weighted by Gasteiger charge is -2.29. The Labute approximate surface area is 164 Å². The molecule has 0 radical (unpaired) electrons. The number of aliphatic carboxylic acids is 1. The Morgan fingerprint density at radius 3 is 2.33 bits per heavy atom. The van der Waals surface area contributed by atoms with E-state index in [0.717, 1.165) is 6.42 Å². The van der Waals surface area contributed by atoms with Gasteiger partial charge in [-0.05, 0) is 19.3 Å². The monoisotopic (exact) mass is 383 g/mol. The van der Waals surface area contributed by atoms with Crippen LogP contribution in [0.5, 0.6) is 0 Å². The molecule has 0 aromatic carbocycles. The summed E-state index contributed by atoms with van der Waals surface area (Å²) in [6.07, 6.45) is 11.9. The zero-order valence-corrected chi connectivity index (χ0v) is 17.4. The number of ether oxygens (including phenoxy) is 1. The van der Waals surface area contributed by atoms with Crippen molar-refractivity contribution >= 4 is 11.9 Å². The molecule has 0 aliphatic carbocycles. The Balaban J connectivity index is 4.18. The number of carbonyl (C=O) groups excluding carboxylic acids is 2. The fraction of sp³-hybridized carbons (Fsp3) is 0.714. The van der Waals surface area contributed by atoms with E-state index < -0.39 is 24.1 Å². The minimum Gasteiger partial charge on any atom is -0.550 e. The van der Waals surface area contributed by atoms with Crippen molar-refractivity contribution in [3.8, 4) is 0 Å². The van der Waals surface area contributed by atoms with Crippen LogP contribution in [0.3, 0.4) is 0 Å². The zero-order valence-electron chi connectivity index (χ0n) is 17.4. The van der Waals surface area contributed by atoms with Gasteiger partial charge in [0.05, 0.1) is 33.7 Å². The number of aliphatic hydroxyl groups is 1. The summed E-state index contributed by atoms with van der Waals surface area (Å²) in [7, 11) is 5.65. The number of hydrogen-bond donors (Lipinski definition) is 1. The molecule has 0 aliphatic rings. The predicted molar refractivity (Wildman–Crippen MR) is 105 cm³/mol. The number of hydrogen-bond acceptors (Lipinski definition) is 5. The number of likely N-dealkylation sites (N-methyl/N-ethyl adjacent to an activating group) is 1. The number of nitrogens with zero attached hydrogens (tertiary/aromatic N) is 1. The number of allylic oxidation sites excluding steroid dienone is 3. The van der Waals surface area contributed by atoms with E-state index in [-0.39, 0.29) is 12.8 Å². The smallest absolute Gasteiger partial charge is 0.308 e. The van der Waals surface area contributed by atoms with E-state index in [2.05, 4.69) is 13.0 Å². The number of quaternary nitrogens is 1. The molecule has 156 valence electrons. The van der Waals surface area contributed by atoms with E-state index in [1.54, 1.807) is 0 Å². The van der Waals surface area contributed by atoms with Gasteiger partial charge in [0.2, 0.25) is 0 Å². The molecule has 1 N–H and O–H groups in total. The molecule has 0 aromatic heterocycles. The van der Waals surface area contributed by atoms with Gasteiger partial charge in [-0.2, -0.15) is 0 Å². The van der Waals surface area contributed by atoms with Crippen molar-refractivity contribution in [3.05, 3.63) is 24.3 Å². The van der Waals surface area contributed by atoms with Gasteiger partial charge in [0.25, 0.3) is 0 Å². The van der Waals surface area contributed by atoms with Gasteiger partial charge in [-0.25, -0.2) is 0 Å². The number of carboxylic acid groups (broad SMARTS) is 1. The molecule has 0 saturated carbocycles. The van der Waals surface area contributed by atoms with Gasteiger partial charge in [-0.1, -0.05) is 50.5 Å². The summed E-state index contributed by atoms with van der Waals surface area (Å²) in [5, 5.41) is 20.8. The summed E-state index contributed by atoms with van der Waals surface area (Å²) in [4.78, 5) is 22.8. The molecule has 0 rings (SSSR count). The maximum Gasteiger partial charge on any atom is 0.308 e. The van der Waals surface area contributed by atoms with E-state index in [1.165, 1.54) is 25.7 Å². The molecule has 0 amide bonds. The fourth-order valence-corrected chi connectivity index (χ4v) is 2.63. The highest BCUT2D eigenvalue weighted by molar-refractivity contribution is 5.71. The van der Waals surface area contributed by atoms with Gasteiger partial charge < -0.3 is 24.2 Å². The second kappa shape index (κ2) is 14.4. The van der Waals surface area contributed by atoms with Crippen molar-refractivity contribution in [2.24, 2.45) is 0 Å². The predicted octanol–water partition coefficient (Wildman–Crippen LogP) is 1.97. The van der Waals surface area contributed by atoms with E-state index in [9.17, 15) is 19.8 Å². The number of unbranched alkanes of at least 4 members (excludes halogenated alkanes) is 4. The number of carbonyl (C=O) groups is 2. The molecule has 2 unspecified atom stereocenters. The first-order valence-corrected chi connectivity index (χ1v) is 9.83. The third kappa shape index (κ3) is 17.5. The average molecular weight is 384 g/mol. The molecule has 0 saturated heterocycles. The number of esters is 1. The first-order valence-electron chi connectivity index (χ1n) is 9.83. The van der Waals surface area contributed by atoms with Crippen LogP contribution >= 0.6 is 0 Å². The quantitative estimate of drug-likeness (QED) is 0.202. The third-order valence-electron chi connectivity index (χ3n) is 3.86. The van der Waals surface area contributed by atoms with Crippen molar-refractivity contribution in [1.29, 1.82) is 0 Å². The summed E-state index contributed by atoms with van der Waals surface area (Å²) in [5.41, 5.74) is 0. The average Bonchev–Trinajstić information content (AvgIpc) is 2.50. The lowest BCUT2D eigenvalue weighted by molar-refractivity contribution is -0.873. The van der Waals surface area contributed by atoms with Crippen molar-refractivity contribution in [2.45, 2.75) is 70.5 Å². The Morgan fingerprint density at radius 2 is 1.74 bits per heavy atom. The molecule has 6 nitrogen and oxygen atoms in total. The van der Waals surface area contributed by atoms with Crippen molar-refractivity contribution in [1.82, 2.24) is 0 Å². The second-order valence-corrected chi connectivity index (χ2v) is 7.96. The molecular formula is C21H37NO5. The molecule has 0 bridgehead atoms. The minimum absolute atomic E-state index is 0.161. The molecule has 0 heterocycles. The summed E-state index contributed by atoms with van der Waals surface area (Å²) >= 11 is 0. The number of rotatable bonds is 15. The van der Waals surface area contributed by atoms with Gasteiger partial charge in [-0.3, -0.25) is 4.79 Å². The number of aliphatic hydroxyl groups excluding tert-OH is 1. The maximum atomic E-state index is 12.0. The Bertz CT molecular complexity index is 479. The third-order valence-corrected chi connectivity index (χ3v) is 3.86. The molecule has 0 aliphatic heterocycles. The van der Waals surface area contributed by atoms with E-state index in [1.807, 2.05) is 39.4 Å². The summed E-state index contributed by atoms with van der Waals surface area (Å²) in [6, 6.07) is 0. The standard InChI is InChI=1S/C21H37NO5/c1-5-6-7-8-9-10-11-12-13-14-18(23)15-21(26)27-19(16-20(24)25)17-22(2,3)4/h10-13,18-19,23H,5-9,14-17H2,1-4H3/b11-10+,13-12+. The Kier molecular flexibility index (Phi) is 13.5. The normalized spacial score (nSPS) is 14.6. The first-order chi connectivity index (χ1) is 12.6. The van der Waals surface area contributed by atoms with Crippen LogP contribution in [-0.4, -0.2) is 61.4 Å². The van der Waals surface area contributed by atoms with Crippen LogP contribution in [0.2, 0.25) is 0 Å². The highest BCUT2D eigenvalue weighted by Crippen LogP contribution is 2.09. The Morgan fingerprint density at radius 1 is 1.07 bits per heavy atom. The molecule has 0 fully saturated rings. The minimum atomic E-state index is -1.26. The summed E-state index contributed by atoms with van der Waals surface area (Å²) < 4.78 is 5.69. The zero-order chi connectivity index (χ0) is 20.7. The van der Waals surface area contributed by atoms with Crippen LogP contribution in [0.25, 0.3) is 0 Å². The van der Waals surface area contributed by atoms with Gasteiger partial charge in [0, 0.05) is 12.4 Å². The molecule has 27 heavy (non-hydrogen) atoms. The lowest BCUT2D eigenvalue weighted by atomic mass is 10.1. The van der Waals surface area contributed by atoms with Crippen LogP contribution < -0.4 is 5.11 Å². The van der Waals surface area contributed by atoms with Crippen LogP contribution in [0.4, 0.5) is 0 Å². The van der Waals surface area contributed by atoms with E-state index in [4.69, 9.17) is 4.74 Å². The topological polar surface area (TPSA) is 86.7 Å². The first kappa shape index (κ1) is 25.3. The summed E-state index contributed by atoms with van der Waals surface area (Å²) in [6.45, 7) is 2.55. The Hall–Kier alpha value is -1.66. The van der Waals surface area contributed by atoms with Gasteiger partial charge in [0.15, 0.2) is 6.10 Å². The molecular weight excluding hydrogens is 346 g/mol. The molecule has 2 atom stereocenters. The van der Waals surface area contributed by atoms with Gasteiger partial charge >= 0.3 is 5.97 Å². The molecule has 0 spiro atoms. The number of carboxylic acids is 1. The van der Waals surface area contributed by atoms with Crippen molar-refractivity contribution in [2.75, 3.05) is 27.7 Å². The highest BCUT2D eigenvalue weighted by atomic mass is 16.5. The SMILES string of the molecule is CCCCCC/C=C/C=C/CC(O)CC(=O)OC(CC(=O)[O-])C[N+](C)(C)C. The summed E-state index contributed by atoms with van der Waals surface area (Å²) in [5.74, 6) is -1.85. The van der Waals surface area contributed by atoms with Gasteiger partial charge in [0.1, 0.15) is 6.54 Å². The molecule has 0 aromatic rings. The van der Waals surface area contributed by atoms with E-state index in [0.29, 0.717) is 17.4 Å². The van der Waals surface area contributed by atoms with Crippen LogP contribution in [0, 0.1) is 0 Å². The second-order valence-electron chi connectivity index (χ2n) is 7.96. The largest absolute Gasteiger partial charge is 0.550 e. The van der Waals surface area contributed by atoms with E-state index >= 15 is 0 Å². The lowest BCUT2D eigenvalue weighted by Crippen LogP contribution is -2.45. The van der Waals surface area contributed by atoms with Gasteiger partial charge in [-0.15, -0.1) is 0 Å². The van der Waals surface area contributed by atoms with Crippen molar-refractivity contribution < 1.29 is 29.0 Å². The highest BCUT2D eigenvalue weighted by Gasteiger charge is 2.23. The van der Waals surface area contributed by atoms with Crippen LogP contribution in [-0.2, 0) is 14.3 Å². The van der Waals surface area contributed by atoms with Crippen molar-refractivity contribution in [3.63, 3.8) is 0 Å². The maximum absolute atomic E-state index is 12.0. The van der Waals surface area contributed by atoms with Crippen LogP contribution in [0.1, 0.15) is 58.3 Å².